The van der Waals surface area contributed by atoms with Crippen molar-refractivity contribution in [1.29, 1.82) is 0 Å². The summed E-state index contributed by atoms with van der Waals surface area (Å²) < 4.78 is 2.05. The van der Waals surface area contributed by atoms with Gasteiger partial charge in [0, 0.05) is 26.1 Å². The Hall–Kier alpha value is -1.43. The molecular weight excluding hydrogens is 230 g/mol. The van der Waals surface area contributed by atoms with E-state index in [1.807, 2.05) is 11.8 Å². The molecule has 1 N–H and O–H groups in total. The number of nitrogens with zero attached hydrogens (tertiary/aromatic N) is 4. The number of carbonyl (C=O) groups excluding carboxylic acids is 1. The van der Waals surface area contributed by atoms with Crippen molar-refractivity contribution in [2.75, 3.05) is 13.1 Å². The molecule has 0 radical (unpaired) electrons. The molecule has 0 aromatic carbocycles. The summed E-state index contributed by atoms with van der Waals surface area (Å²) in [6.45, 7) is 8.87. The van der Waals surface area contributed by atoms with Gasteiger partial charge in [0.25, 0.3) is 0 Å². The van der Waals surface area contributed by atoms with E-state index < -0.39 is 0 Å². The minimum Gasteiger partial charge on any atom is -0.331 e. The Kier molecular flexibility index (Phi) is 3.96. The van der Waals surface area contributed by atoms with E-state index >= 15 is 0 Å². The maximum atomic E-state index is 11.8. The van der Waals surface area contributed by atoms with Gasteiger partial charge in [-0.05, 0) is 26.8 Å². The summed E-state index contributed by atoms with van der Waals surface area (Å²) in [5.41, 5.74) is 0. The Bertz CT molecular complexity index is 422. The lowest BCUT2D eigenvalue weighted by atomic mass is 10.2. The topological polar surface area (TPSA) is 63.1 Å². The summed E-state index contributed by atoms with van der Waals surface area (Å²) in [4.78, 5) is 13.7. The highest BCUT2D eigenvalue weighted by atomic mass is 16.2. The van der Waals surface area contributed by atoms with Crippen LogP contribution >= 0.6 is 0 Å². The molecule has 6 nitrogen and oxygen atoms in total. The van der Waals surface area contributed by atoms with Crippen molar-refractivity contribution in [1.82, 2.24) is 25.0 Å². The van der Waals surface area contributed by atoms with Crippen molar-refractivity contribution in [2.45, 2.75) is 46.3 Å². The van der Waals surface area contributed by atoms with Gasteiger partial charge in [0.2, 0.25) is 5.91 Å². The molecule has 1 aromatic rings. The normalized spacial score (nSPS) is 19.2. The number of rotatable bonds is 4. The molecule has 1 amide bonds. The van der Waals surface area contributed by atoms with Crippen LogP contribution in [0.4, 0.5) is 0 Å². The molecule has 1 fully saturated rings. The molecule has 0 saturated carbocycles. The van der Waals surface area contributed by atoms with E-state index in [9.17, 15) is 4.79 Å². The summed E-state index contributed by atoms with van der Waals surface area (Å²) in [7, 11) is 0. The van der Waals surface area contributed by atoms with Crippen molar-refractivity contribution in [3.63, 3.8) is 0 Å². The minimum absolute atomic E-state index is 0.104. The maximum Gasteiger partial charge on any atom is 0.220 e. The second-order valence-electron chi connectivity index (χ2n) is 4.70. The van der Waals surface area contributed by atoms with E-state index in [0.717, 1.165) is 37.7 Å². The van der Waals surface area contributed by atoms with Crippen LogP contribution in [0.3, 0.4) is 0 Å². The van der Waals surface area contributed by atoms with Crippen LogP contribution in [0.1, 0.15) is 31.9 Å². The van der Waals surface area contributed by atoms with Crippen LogP contribution in [0.15, 0.2) is 0 Å². The van der Waals surface area contributed by atoms with Gasteiger partial charge in [-0.15, -0.1) is 10.2 Å². The van der Waals surface area contributed by atoms with Gasteiger partial charge in [-0.3, -0.25) is 4.79 Å². The molecule has 1 atom stereocenters. The molecule has 0 spiro atoms. The van der Waals surface area contributed by atoms with Crippen LogP contribution < -0.4 is 5.32 Å². The smallest absolute Gasteiger partial charge is 0.220 e. The summed E-state index contributed by atoms with van der Waals surface area (Å²) >= 11 is 0. The van der Waals surface area contributed by atoms with Crippen LogP contribution in [-0.2, 0) is 17.9 Å². The van der Waals surface area contributed by atoms with Gasteiger partial charge in [0.05, 0.1) is 6.54 Å². The third-order valence-electron chi connectivity index (χ3n) is 3.52. The number of hydrogen-bond acceptors (Lipinski definition) is 4. The summed E-state index contributed by atoms with van der Waals surface area (Å²) in [5.74, 6) is 1.88. The number of hydrogen-bond donors (Lipinski definition) is 1. The zero-order valence-corrected chi connectivity index (χ0v) is 11.3. The molecule has 0 bridgehead atoms. The van der Waals surface area contributed by atoms with Gasteiger partial charge < -0.3 is 14.8 Å². The fraction of sp³-hybridized carbons (Fsp3) is 0.750. The van der Waals surface area contributed by atoms with Crippen LogP contribution in [0.5, 0.6) is 0 Å². The minimum atomic E-state index is 0.104. The number of nitrogens with one attached hydrogen (secondary N) is 1. The molecule has 2 rings (SSSR count). The lowest BCUT2D eigenvalue weighted by Gasteiger charge is -2.27. The van der Waals surface area contributed by atoms with E-state index in [0.29, 0.717) is 6.54 Å². The van der Waals surface area contributed by atoms with E-state index in [2.05, 4.69) is 27.0 Å². The quantitative estimate of drug-likeness (QED) is 0.837. The Balaban J connectivity index is 2.15. The molecule has 6 heteroatoms. The molecule has 100 valence electrons. The maximum absolute atomic E-state index is 11.8. The van der Waals surface area contributed by atoms with Crippen LogP contribution in [0.2, 0.25) is 0 Å². The van der Waals surface area contributed by atoms with Crippen molar-refractivity contribution >= 4 is 5.91 Å². The number of aryl methyl sites for hydroxylation is 1. The molecule has 1 unspecified atom stereocenters. The first kappa shape index (κ1) is 13.0. The molecule has 1 saturated heterocycles. The van der Waals surface area contributed by atoms with E-state index in [4.69, 9.17) is 0 Å². The summed E-state index contributed by atoms with van der Waals surface area (Å²) in [6, 6.07) is 0.282. The van der Waals surface area contributed by atoms with E-state index in [-0.39, 0.29) is 11.9 Å². The Morgan fingerprint density at radius 3 is 2.89 bits per heavy atom. The van der Waals surface area contributed by atoms with Gasteiger partial charge in [0.1, 0.15) is 5.82 Å². The van der Waals surface area contributed by atoms with Crippen molar-refractivity contribution in [3.8, 4) is 0 Å². The first-order valence-electron chi connectivity index (χ1n) is 6.50. The van der Waals surface area contributed by atoms with Crippen molar-refractivity contribution in [2.24, 2.45) is 0 Å². The monoisotopic (exact) mass is 251 g/mol. The third kappa shape index (κ3) is 2.53. The predicted octanol–water partition coefficient (Wildman–Crippen LogP) is 0.317. The first-order valence-corrected chi connectivity index (χ1v) is 6.50. The standard InChI is InChI=1S/C12H21N5O/c1-4-16-9(2)14-15-12(16)8-17(10(3)18)11-5-6-13-7-11/h11,13H,4-8H2,1-3H3. The van der Waals surface area contributed by atoms with Crippen molar-refractivity contribution in [3.05, 3.63) is 11.6 Å². The average molecular weight is 251 g/mol. The zero-order valence-electron chi connectivity index (χ0n) is 11.3. The first-order chi connectivity index (χ1) is 8.63. The number of aromatic nitrogens is 3. The van der Waals surface area contributed by atoms with Gasteiger partial charge in [-0.1, -0.05) is 0 Å². The highest BCUT2D eigenvalue weighted by Gasteiger charge is 2.26. The Labute approximate surface area is 107 Å². The molecular formula is C12H21N5O. The lowest BCUT2D eigenvalue weighted by molar-refractivity contribution is -0.131. The molecule has 2 heterocycles. The number of amides is 1. The largest absolute Gasteiger partial charge is 0.331 e. The average Bonchev–Trinajstić information content (AvgIpc) is 2.95. The second kappa shape index (κ2) is 5.48. The molecule has 1 aromatic heterocycles. The zero-order chi connectivity index (χ0) is 13.1. The fourth-order valence-corrected chi connectivity index (χ4v) is 2.51. The highest BCUT2D eigenvalue weighted by Crippen LogP contribution is 2.13. The molecule has 0 aliphatic carbocycles. The number of carbonyl (C=O) groups is 1. The Morgan fingerprint density at radius 1 is 1.56 bits per heavy atom. The van der Waals surface area contributed by atoms with Crippen molar-refractivity contribution < 1.29 is 4.79 Å². The summed E-state index contributed by atoms with van der Waals surface area (Å²) in [6.07, 6.45) is 1.01. The lowest BCUT2D eigenvalue weighted by Crippen LogP contribution is -2.40. The highest BCUT2D eigenvalue weighted by molar-refractivity contribution is 5.73. The van der Waals surface area contributed by atoms with Crippen LogP contribution in [0, 0.1) is 6.92 Å². The third-order valence-corrected chi connectivity index (χ3v) is 3.52. The summed E-state index contributed by atoms with van der Waals surface area (Å²) in [5, 5.41) is 11.6. The fourth-order valence-electron chi connectivity index (χ4n) is 2.51. The SMILES string of the molecule is CCn1c(C)nnc1CN(C(C)=O)C1CCNC1. The van der Waals surface area contributed by atoms with Crippen LogP contribution in [0.25, 0.3) is 0 Å². The van der Waals surface area contributed by atoms with Crippen LogP contribution in [-0.4, -0.2) is 44.7 Å². The molecule has 1 aliphatic rings. The van der Waals surface area contributed by atoms with Gasteiger partial charge in [-0.2, -0.15) is 0 Å². The van der Waals surface area contributed by atoms with Gasteiger partial charge in [0.15, 0.2) is 5.82 Å². The van der Waals surface area contributed by atoms with Gasteiger partial charge >= 0.3 is 0 Å². The predicted molar refractivity (Wildman–Crippen MR) is 67.9 cm³/mol. The van der Waals surface area contributed by atoms with E-state index in [1.54, 1.807) is 6.92 Å². The molecule has 18 heavy (non-hydrogen) atoms. The van der Waals surface area contributed by atoms with E-state index in [1.165, 1.54) is 0 Å². The molecule has 1 aliphatic heterocycles. The van der Waals surface area contributed by atoms with Gasteiger partial charge in [-0.25, -0.2) is 0 Å². The second-order valence-corrected chi connectivity index (χ2v) is 4.70. The Morgan fingerprint density at radius 2 is 2.33 bits per heavy atom.